The van der Waals surface area contributed by atoms with Gasteiger partial charge in [-0.2, -0.15) is 0 Å². The molecule has 0 saturated carbocycles. The van der Waals surface area contributed by atoms with Crippen molar-refractivity contribution < 1.29 is 8.83 Å². The van der Waals surface area contributed by atoms with Crippen LogP contribution in [0.3, 0.4) is 0 Å². The fraction of sp³-hybridized carbons (Fsp3) is 0. The van der Waals surface area contributed by atoms with Crippen LogP contribution in [0.4, 0.5) is 0 Å². The van der Waals surface area contributed by atoms with Gasteiger partial charge in [0.15, 0.2) is 27.9 Å². The molecule has 8 aromatic heterocycles. The maximum Gasteiger partial charge on any atom is 0.249 e. The highest BCUT2D eigenvalue weighted by atomic mass is 16.4. The van der Waals surface area contributed by atoms with Crippen LogP contribution in [0, 0.1) is 0 Å². The van der Waals surface area contributed by atoms with Gasteiger partial charge in [0.05, 0.1) is 52.0 Å². The van der Waals surface area contributed by atoms with Gasteiger partial charge >= 0.3 is 0 Å². The standard InChI is InChI=1S/C46H24N10O2/c1-2-8-27(9-3-1)55-36-16-14-25(32-22-49-44-40(52-32)39-43(57-44)48-19-18-47-39)20-30(36)31-21-26(15-17-37(31)55)33-23-50-45-41(53-33)42-46(58-45)51-24-38(54-42)56-34-12-6-4-10-28(34)29-11-5-7-13-35(29)56/h1-24H. The third-order valence-corrected chi connectivity index (χ3v) is 10.9. The average Bonchev–Trinajstić information content (AvgIpc) is 4.03. The Labute approximate surface area is 325 Å². The molecule has 0 amide bonds. The third-order valence-electron chi connectivity index (χ3n) is 10.9. The highest BCUT2D eigenvalue weighted by Crippen LogP contribution is 2.38. The van der Waals surface area contributed by atoms with E-state index in [0.29, 0.717) is 62.1 Å². The minimum atomic E-state index is 0.374. The lowest BCUT2D eigenvalue weighted by molar-refractivity contribution is 0.637. The van der Waals surface area contributed by atoms with Crippen molar-refractivity contribution in [2.75, 3.05) is 0 Å². The average molecular weight is 749 g/mol. The van der Waals surface area contributed by atoms with Gasteiger partial charge in [0.1, 0.15) is 0 Å². The topological polar surface area (TPSA) is 139 Å². The quantitative estimate of drug-likeness (QED) is 0.171. The number of fused-ring (bicyclic) bond motifs is 12. The second-order valence-electron chi connectivity index (χ2n) is 14.1. The molecule has 0 N–H and O–H groups in total. The van der Waals surface area contributed by atoms with Crippen molar-refractivity contribution in [1.82, 2.24) is 49.0 Å². The first kappa shape index (κ1) is 30.9. The first-order valence-corrected chi connectivity index (χ1v) is 18.6. The van der Waals surface area contributed by atoms with Crippen molar-refractivity contribution in [3.05, 3.63) is 146 Å². The van der Waals surface area contributed by atoms with E-state index in [1.54, 1.807) is 31.0 Å². The zero-order chi connectivity index (χ0) is 37.9. The summed E-state index contributed by atoms with van der Waals surface area (Å²) in [6, 6.07) is 39.8. The molecule has 0 saturated heterocycles. The minimum Gasteiger partial charge on any atom is -0.416 e. The van der Waals surface area contributed by atoms with Gasteiger partial charge in [0.25, 0.3) is 0 Å². The van der Waals surface area contributed by atoms with Gasteiger partial charge in [-0.25, -0.2) is 39.9 Å². The fourth-order valence-corrected chi connectivity index (χ4v) is 8.31. The van der Waals surface area contributed by atoms with Crippen molar-refractivity contribution in [3.8, 4) is 34.0 Å². The molecule has 0 spiro atoms. The molecule has 12 nitrogen and oxygen atoms in total. The van der Waals surface area contributed by atoms with Crippen LogP contribution in [-0.4, -0.2) is 49.0 Å². The molecular formula is C46H24N10O2. The molecule has 270 valence electrons. The second kappa shape index (κ2) is 11.6. The lowest BCUT2D eigenvalue weighted by Crippen LogP contribution is -1.98. The van der Waals surface area contributed by atoms with Gasteiger partial charge in [-0.05, 0) is 48.5 Å². The van der Waals surface area contributed by atoms with Crippen LogP contribution < -0.4 is 0 Å². The van der Waals surface area contributed by atoms with Crippen molar-refractivity contribution in [2.45, 2.75) is 0 Å². The maximum absolute atomic E-state index is 6.09. The Hall–Kier alpha value is -8.38. The molecule has 0 bridgehead atoms. The van der Waals surface area contributed by atoms with Gasteiger partial charge < -0.3 is 13.4 Å². The minimum absolute atomic E-state index is 0.374. The molecule has 0 fully saturated rings. The van der Waals surface area contributed by atoms with E-state index in [1.165, 1.54) is 0 Å². The molecule has 8 heterocycles. The van der Waals surface area contributed by atoms with Gasteiger partial charge in [-0.1, -0.05) is 66.7 Å². The molecule has 0 atom stereocenters. The van der Waals surface area contributed by atoms with E-state index < -0.39 is 0 Å². The number of hydrogen-bond acceptors (Lipinski definition) is 10. The highest BCUT2D eigenvalue weighted by molar-refractivity contribution is 6.12. The van der Waals surface area contributed by atoms with Crippen molar-refractivity contribution in [1.29, 1.82) is 0 Å². The Morgan fingerprint density at radius 1 is 0.379 bits per heavy atom. The van der Waals surface area contributed by atoms with E-state index in [-0.39, 0.29) is 0 Å². The Kier molecular flexibility index (Phi) is 6.16. The largest absolute Gasteiger partial charge is 0.416 e. The summed E-state index contributed by atoms with van der Waals surface area (Å²) in [6.45, 7) is 0. The zero-order valence-corrected chi connectivity index (χ0v) is 30.1. The molecular weight excluding hydrogens is 725 g/mol. The van der Waals surface area contributed by atoms with E-state index in [0.717, 1.165) is 60.4 Å². The molecule has 58 heavy (non-hydrogen) atoms. The Morgan fingerprint density at radius 3 is 1.52 bits per heavy atom. The molecule has 0 aliphatic rings. The van der Waals surface area contributed by atoms with Crippen molar-refractivity contribution >= 4 is 88.5 Å². The van der Waals surface area contributed by atoms with Gasteiger partial charge in [-0.15, -0.1) is 0 Å². The molecule has 0 unspecified atom stereocenters. The zero-order valence-electron chi connectivity index (χ0n) is 30.1. The number of para-hydroxylation sites is 3. The fourth-order valence-electron chi connectivity index (χ4n) is 8.31. The Morgan fingerprint density at radius 2 is 0.879 bits per heavy atom. The molecule has 12 heteroatoms. The molecule has 13 aromatic rings. The lowest BCUT2D eigenvalue weighted by Gasteiger charge is -2.08. The number of hydrogen-bond donors (Lipinski definition) is 0. The summed E-state index contributed by atoms with van der Waals surface area (Å²) in [4.78, 5) is 38.0. The van der Waals surface area contributed by atoms with Crippen LogP contribution >= 0.6 is 0 Å². The number of rotatable bonds is 4. The second-order valence-corrected chi connectivity index (χ2v) is 14.1. The smallest absolute Gasteiger partial charge is 0.249 e. The number of furan rings is 2. The molecule has 0 aliphatic heterocycles. The summed E-state index contributed by atoms with van der Waals surface area (Å²) in [5, 5.41) is 4.37. The van der Waals surface area contributed by atoms with Crippen molar-refractivity contribution in [2.24, 2.45) is 0 Å². The lowest BCUT2D eigenvalue weighted by atomic mass is 10.0. The summed E-state index contributed by atoms with van der Waals surface area (Å²) in [5.41, 5.74) is 12.2. The molecule has 0 aliphatic carbocycles. The molecule has 13 rings (SSSR count). The van der Waals surface area contributed by atoms with Crippen LogP contribution in [0.1, 0.15) is 0 Å². The Balaban J connectivity index is 0.986. The summed E-state index contributed by atoms with van der Waals surface area (Å²) < 4.78 is 16.3. The number of benzene rings is 5. The maximum atomic E-state index is 6.09. The van der Waals surface area contributed by atoms with Crippen LogP contribution in [0.25, 0.3) is 123 Å². The Bertz CT molecular complexity index is 3770. The van der Waals surface area contributed by atoms with Crippen molar-refractivity contribution in [3.63, 3.8) is 0 Å². The first-order chi connectivity index (χ1) is 28.7. The molecule has 0 radical (unpaired) electrons. The molecule has 5 aromatic carbocycles. The normalized spacial score (nSPS) is 12.1. The first-order valence-electron chi connectivity index (χ1n) is 18.6. The number of nitrogens with zero attached hydrogens (tertiary/aromatic N) is 10. The van der Waals surface area contributed by atoms with E-state index in [2.05, 4.69) is 109 Å². The van der Waals surface area contributed by atoms with E-state index in [4.69, 9.17) is 33.8 Å². The van der Waals surface area contributed by atoms with Gasteiger partial charge in [-0.3, -0.25) is 4.57 Å². The van der Waals surface area contributed by atoms with E-state index in [9.17, 15) is 0 Å². The predicted octanol–water partition coefficient (Wildman–Crippen LogP) is 10.2. The van der Waals surface area contributed by atoms with Gasteiger partial charge in [0, 0.05) is 50.8 Å². The SMILES string of the molecule is c1ccc(-n2c3ccc(-c4cnc5oc6nccnc6c5n4)cc3c3cc(-c4cnc5oc6ncc(-n7c8ccccc8c8ccccc87)nc6c5n4)ccc32)cc1. The van der Waals surface area contributed by atoms with E-state index in [1.807, 2.05) is 30.3 Å². The van der Waals surface area contributed by atoms with Crippen LogP contribution in [0.5, 0.6) is 0 Å². The summed E-state index contributed by atoms with van der Waals surface area (Å²) in [7, 11) is 0. The van der Waals surface area contributed by atoms with Crippen LogP contribution in [0.15, 0.2) is 155 Å². The van der Waals surface area contributed by atoms with Crippen LogP contribution in [-0.2, 0) is 0 Å². The predicted molar refractivity (Wildman–Crippen MR) is 223 cm³/mol. The summed E-state index contributed by atoms with van der Waals surface area (Å²) >= 11 is 0. The summed E-state index contributed by atoms with van der Waals surface area (Å²) in [5.74, 6) is 0.670. The van der Waals surface area contributed by atoms with Gasteiger partial charge in [0.2, 0.25) is 22.9 Å². The highest BCUT2D eigenvalue weighted by Gasteiger charge is 2.20. The van der Waals surface area contributed by atoms with Crippen LogP contribution in [0.2, 0.25) is 0 Å². The number of aromatic nitrogens is 10. The van der Waals surface area contributed by atoms with E-state index >= 15 is 0 Å². The summed E-state index contributed by atoms with van der Waals surface area (Å²) in [6.07, 6.45) is 8.43. The monoisotopic (exact) mass is 748 g/mol. The third kappa shape index (κ3) is 4.39.